The maximum atomic E-state index is 12.8. The van der Waals surface area contributed by atoms with Crippen molar-refractivity contribution < 1.29 is 9.59 Å². The summed E-state index contributed by atoms with van der Waals surface area (Å²) in [6.07, 6.45) is 4.67. The number of fused-ring (bicyclic) bond motifs is 2. The summed E-state index contributed by atoms with van der Waals surface area (Å²) < 4.78 is 0. The fourth-order valence-electron chi connectivity index (χ4n) is 4.13. The number of nitrogens with zero attached hydrogens (tertiary/aromatic N) is 2. The van der Waals surface area contributed by atoms with E-state index < -0.39 is 0 Å². The molecule has 0 atom stereocenters. The minimum atomic E-state index is -0.356. The van der Waals surface area contributed by atoms with Crippen molar-refractivity contribution in [2.24, 2.45) is 11.7 Å². The molecule has 2 N–H and O–H groups in total. The normalized spacial score (nSPS) is 23.0. The van der Waals surface area contributed by atoms with Crippen LogP contribution in [0.1, 0.15) is 37.7 Å². The van der Waals surface area contributed by atoms with Crippen LogP contribution in [0, 0.1) is 5.92 Å². The first-order valence-electron chi connectivity index (χ1n) is 8.53. The van der Waals surface area contributed by atoms with Crippen LogP contribution in [-0.2, 0) is 10.2 Å². The Kier molecular flexibility index (Phi) is 3.32. The second-order valence-electron chi connectivity index (χ2n) is 7.25. The summed E-state index contributed by atoms with van der Waals surface area (Å²) >= 11 is 0. The Morgan fingerprint density at radius 1 is 1.22 bits per heavy atom. The Labute approximate surface area is 136 Å². The monoisotopic (exact) mass is 313 g/mol. The highest BCUT2D eigenvalue weighted by Gasteiger charge is 2.46. The van der Waals surface area contributed by atoms with Gasteiger partial charge >= 0.3 is 6.03 Å². The number of hydrogen-bond acceptors (Lipinski definition) is 2. The predicted octanol–water partition coefficient (Wildman–Crippen LogP) is 2.25. The fourth-order valence-corrected chi connectivity index (χ4v) is 4.13. The van der Waals surface area contributed by atoms with Crippen LogP contribution in [0.2, 0.25) is 0 Å². The molecule has 2 heterocycles. The lowest BCUT2D eigenvalue weighted by Crippen LogP contribution is -2.52. The van der Waals surface area contributed by atoms with E-state index in [0.29, 0.717) is 25.4 Å². The molecule has 1 aromatic carbocycles. The number of para-hydroxylation sites is 1. The van der Waals surface area contributed by atoms with E-state index in [1.165, 1.54) is 18.4 Å². The van der Waals surface area contributed by atoms with E-state index >= 15 is 0 Å². The van der Waals surface area contributed by atoms with Crippen LogP contribution in [0.3, 0.4) is 0 Å². The Morgan fingerprint density at radius 3 is 2.57 bits per heavy atom. The number of primary amides is 1. The molecule has 1 spiro atoms. The summed E-state index contributed by atoms with van der Waals surface area (Å²) in [5, 5.41) is 0. The minimum Gasteiger partial charge on any atom is -0.351 e. The first-order chi connectivity index (χ1) is 11.1. The highest BCUT2D eigenvalue weighted by molar-refractivity contribution is 5.98. The summed E-state index contributed by atoms with van der Waals surface area (Å²) in [6, 6.07) is 7.97. The molecule has 5 nitrogen and oxygen atoms in total. The van der Waals surface area contributed by atoms with Gasteiger partial charge in [-0.2, -0.15) is 0 Å². The van der Waals surface area contributed by atoms with E-state index in [1.54, 1.807) is 4.90 Å². The van der Waals surface area contributed by atoms with E-state index in [4.69, 9.17) is 5.73 Å². The third-order valence-electron chi connectivity index (χ3n) is 5.73. The zero-order valence-corrected chi connectivity index (χ0v) is 13.3. The molecule has 3 aliphatic rings. The van der Waals surface area contributed by atoms with E-state index in [2.05, 4.69) is 18.2 Å². The number of carbonyl (C=O) groups excluding carboxylic acids is 2. The van der Waals surface area contributed by atoms with Crippen molar-refractivity contribution in [3.63, 3.8) is 0 Å². The molecule has 1 aromatic rings. The second-order valence-corrected chi connectivity index (χ2v) is 7.25. The Balaban J connectivity index is 1.66. The van der Waals surface area contributed by atoms with E-state index in [0.717, 1.165) is 25.1 Å². The molecule has 5 heteroatoms. The van der Waals surface area contributed by atoms with Gasteiger partial charge in [-0.1, -0.05) is 18.2 Å². The molecule has 0 bridgehead atoms. The first kappa shape index (κ1) is 14.5. The number of piperidine rings is 1. The van der Waals surface area contributed by atoms with Crippen molar-refractivity contribution in [2.45, 2.75) is 37.5 Å². The van der Waals surface area contributed by atoms with Gasteiger partial charge in [0.25, 0.3) is 0 Å². The van der Waals surface area contributed by atoms with E-state index in [1.807, 2.05) is 11.0 Å². The maximum Gasteiger partial charge on any atom is 0.314 e. The summed E-state index contributed by atoms with van der Waals surface area (Å²) in [4.78, 5) is 27.9. The van der Waals surface area contributed by atoms with Gasteiger partial charge in [0.2, 0.25) is 5.91 Å². The number of urea groups is 1. The number of likely N-dealkylation sites (tertiary alicyclic amines) is 1. The maximum absolute atomic E-state index is 12.8. The van der Waals surface area contributed by atoms with Crippen molar-refractivity contribution in [3.8, 4) is 0 Å². The van der Waals surface area contributed by atoms with Crippen molar-refractivity contribution >= 4 is 17.6 Å². The molecule has 1 saturated carbocycles. The number of amides is 3. The number of rotatable bonds is 2. The van der Waals surface area contributed by atoms with Gasteiger partial charge in [0.15, 0.2) is 0 Å². The quantitative estimate of drug-likeness (QED) is 0.910. The lowest BCUT2D eigenvalue weighted by molar-refractivity contribution is -0.121. The first-order valence-corrected chi connectivity index (χ1v) is 8.53. The highest BCUT2D eigenvalue weighted by atomic mass is 16.2. The smallest absolute Gasteiger partial charge is 0.314 e. The zero-order valence-electron chi connectivity index (χ0n) is 13.3. The second kappa shape index (κ2) is 5.25. The molecular formula is C18H23N3O2. The van der Waals surface area contributed by atoms with Gasteiger partial charge < -0.3 is 15.5 Å². The molecule has 23 heavy (non-hydrogen) atoms. The number of nitrogens with two attached hydrogens (primary N) is 1. The SMILES string of the molecule is NC(=O)N1CCC2(CC1)CC(=O)N(CC1CC1)c1ccccc12. The van der Waals surface area contributed by atoms with Crippen LogP contribution < -0.4 is 10.6 Å². The van der Waals surface area contributed by atoms with E-state index in [-0.39, 0.29) is 17.4 Å². The molecule has 4 rings (SSSR count). The molecule has 1 aliphatic carbocycles. The summed E-state index contributed by atoms with van der Waals surface area (Å²) in [5.41, 5.74) is 7.65. The molecule has 0 radical (unpaired) electrons. The van der Waals surface area contributed by atoms with Gasteiger partial charge in [-0.25, -0.2) is 4.79 Å². The molecule has 3 amide bonds. The average Bonchev–Trinajstić information content (AvgIpc) is 3.36. The van der Waals surface area contributed by atoms with Crippen molar-refractivity contribution in [1.29, 1.82) is 0 Å². The molecule has 1 saturated heterocycles. The van der Waals surface area contributed by atoms with Gasteiger partial charge in [-0.05, 0) is 43.2 Å². The minimum absolute atomic E-state index is 0.125. The van der Waals surface area contributed by atoms with Gasteiger partial charge in [0.05, 0.1) is 0 Å². The predicted molar refractivity (Wildman–Crippen MR) is 88.2 cm³/mol. The molecule has 2 fully saturated rings. The van der Waals surface area contributed by atoms with Crippen LogP contribution >= 0.6 is 0 Å². The lowest BCUT2D eigenvalue weighted by atomic mass is 9.67. The van der Waals surface area contributed by atoms with Crippen LogP contribution in [0.5, 0.6) is 0 Å². The standard InChI is InChI=1S/C18H23N3O2/c19-17(23)20-9-7-18(8-10-20)11-16(22)21(12-13-5-6-13)15-4-2-1-3-14(15)18/h1-4,13H,5-12H2,(H2,19,23). The Hall–Kier alpha value is -2.04. The number of carbonyl (C=O) groups is 2. The Bertz CT molecular complexity index is 645. The molecule has 0 unspecified atom stereocenters. The number of benzene rings is 1. The zero-order chi connectivity index (χ0) is 16.0. The third kappa shape index (κ3) is 2.48. The topological polar surface area (TPSA) is 66.6 Å². The van der Waals surface area contributed by atoms with Gasteiger partial charge in [-0.15, -0.1) is 0 Å². The third-order valence-corrected chi connectivity index (χ3v) is 5.73. The highest BCUT2D eigenvalue weighted by Crippen LogP contribution is 2.47. The van der Waals surface area contributed by atoms with Crippen molar-refractivity contribution in [1.82, 2.24) is 4.90 Å². The van der Waals surface area contributed by atoms with Gasteiger partial charge in [0, 0.05) is 37.2 Å². The Morgan fingerprint density at radius 2 is 1.91 bits per heavy atom. The summed E-state index contributed by atoms with van der Waals surface area (Å²) in [5.74, 6) is 0.917. The van der Waals surface area contributed by atoms with Crippen molar-refractivity contribution in [3.05, 3.63) is 29.8 Å². The summed E-state index contributed by atoms with van der Waals surface area (Å²) in [6.45, 7) is 2.14. The number of anilines is 1. The van der Waals surface area contributed by atoms with Crippen LogP contribution in [0.15, 0.2) is 24.3 Å². The average molecular weight is 313 g/mol. The van der Waals surface area contributed by atoms with Crippen LogP contribution in [-0.4, -0.2) is 36.5 Å². The van der Waals surface area contributed by atoms with Gasteiger partial charge in [0.1, 0.15) is 0 Å². The molecular weight excluding hydrogens is 290 g/mol. The lowest BCUT2D eigenvalue weighted by Gasteiger charge is -2.47. The van der Waals surface area contributed by atoms with Gasteiger partial charge in [-0.3, -0.25) is 4.79 Å². The van der Waals surface area contributed by atoms with E-state index in [9.17, 15) is 9.59 Å². The largest absolute Gasteiger partial charge is 0.351 e. The van der Waals surface area contributed by atoms with Crippen LogP contribution in [0.25, 0.3) is 0 Å². The number of hydrogen-bond donors (Lipinski definition) is 1. The molecule has 2 aliphatic heterocycles. The molecule has 122 valence electrons. The van der Waals surface area contributed by atoms with Crippen LogP contribution in [0.4, 0.5) is 10.5 Å². The molecule has 0 aromatic heterocycles. The summed E-state index contributed by atoms with van der Waals surface area (Å²) in [7, 11) is 0. The fraction of sp³-hybridized carbons (Fsp3) is 0.556. The van der Waals surface area contributed by atoms with Crippen molar-refractivity contribution in [2.75, 3.05) is 24.5 Å².